The van der Waals surface area contributed by atoms with Gasteiger partial charge < -0.3 is 4.74 Å². The van der Waals surface area contributed by atoms with E-state index < -0.39 is 0 Å². The van der Waals surface area contributed by atoms with Crippen LogP contribution in [0, 0.1) is 0 Å². The van der Waals surface area contributed by atoms with Crippen molar-refractivity contribution in [3.8, 4) is 5.75 Å². The minimum atomic E-state index is -0.308. The second-order valence-corrected chi connectivity index (χ2v) is 7.89. The zero-order valence-electron chi connectivity index (χ0n) is 13.2. The van der Waals surface area contributed by atoms with E-state index in [1.54, 1.807) is 17.5 Å². The first-order chi connectivity index (χ1) is 12.3. The van der Waals surface area contributed by atoms with E-state index in [2.05, 4.69) is 49.5 Å². The largest absolute Gasteiger partial charge is 0.463 e. The highest BCUT2D eigenvalue weighted by atomic mass is 79.9. The van der Waals surface area contributed by atoms with Crippen LogP contribution in [0.2, 0.25) is 0 Å². The second kappa shape index (κ2) is 5.97. The van der Waals surface area contributed by atoms with Gasteiger partial charge in [0.25, 0.3) is 0 Å². The van der Waals surface area contributed by atoms with Crippen molar-refractivity contribution in [2.75, 3.05) is 0 Å². The highest BCUT2D eigenvalue weighted by molar-refractivity contribution is 9.10. The number of pyridine rings is 1. The summed E-state index contributed by atoms with van der Waals surface area (Å²) in [7, 11) is 0. The van der Waals surface area contributed by atoms with Gasteiger partial charge in [-0.2, -0.15) is 5.10 Å². The van der Waals surface area contributed by atoms with E-state index in [9.17, 15) is 0 Å². The highest BCUT2D eigenvalue weighted by Crippen LogP contribution is 2.48. The van der Waals surface area contributed by atoms with Crippen LogP contribution < -0.4 is 4.74 Å². The molecule has 2 aromatic heterocycles. The summed E-state index contributed by atoms with van der Waals surface area (Å²) in [6, 6.07) is 16.4. The maximum absolute atomic E-state index is 6.29. The Bertz CT molecular complexity index is 943. The Balaban J connectivity index is 1.62. The van der Waals surface area contributed by atoms with Crippen LogP contribution in [0.1, 0.15) is 34.8 Å². The Hall–Kier alpha value is -2.18. The molecule has 0 bridgehead atoms. The topological polar surface area (TPSA) is 37.7 Å². The van der Waals surface area contributed by atoms with Gasteiger partial charge in [-0.05, 0) is 41.8 Å². The fourth-order valence-corrected chi connectivity index (χ4v) is 4.47. The van der Waals surface area contributed by atoms with Gasteiger partial charge in [0.1, 0.15) is 11.4 Å². The molecular weight excluding hydrogens is 398 g/mol. The van der Waals surface area contributed by atoms with E-state index in [0.717, 1.165) is 33.6 Å². The lowest BCUT2D eigenvalue weighted by Gasteiger charge is -2.37. The van der Waals surface area contributed by atoms with Gasteiger partial charge in [-0.3, -0.25) is 4.98 Å². The summed E-state index contributed by atoms with van der Waals surface area (Å²) in [5, 5.41) is 9.07. The lowest BCUT2D eigenvalue weighted by molar-refractivity contribution is -0.0218. The Kier molecular flexibility index (Phi) is 3.60. The molecule has 0 saturated carbocycles. The van der Waals surface area contributed by atoms with Crippen LogP contribution in [0.4, 0.5) is 0 Å². The molecule has 25 heavy (non-hydrogen) atoms. The molecular formula is C19H14BrN3OS. The number of nitrogens with zero attached hydrogens (tertiary/aromatic N) is 3. The molecule has 3 aromatic rings. The summed E-state index contributed by atoms with van der Waals surface area (Å²) in [6.45, 7) is 0. The molecule has 0 spiro atoms. The van der Waals surface area contributed by atoms with Crippen LogP contribution in [-0.2, 0) is 0 Å². The van der Waals surface area contributed by atoms with Crippen molar-refractivity contribution >= 4 is 33.0 Å². The first-order valence-electron chi connectivity index (χ1n) is 8.06. The number of ether oxygens (including phenoxy) is 1. The fraction of sp³-hybridized carbons (Fsp3) is 0.158. The number of fused-ring (bicyclic) bond motifs is 3. The molecule has 4 heterocycles. The van der Waals surface area contributed by atoms with Crippen molar-refractivity contribution in [1.82, 2.24) is 9.99 Å². The van der Waals surface area contributed by atoms with Crippen molar-refractivity contribution in [3.63, 3.8) is 0 Å². The van der Waals surface area contributed by atoms with Gasteiger partial charge in [0.05, 0.1) is 16.6 Å². The normalized spacial score (nSPS) is 21.3. The predicted octanol–water partition coefficient (Wildman–Crippen LogP) is 5.15. The standard InChI is InChI=1S/C19H14BrN3OS/c20-12-6-7-17-13(10-12)16-11-15(18-5-3-9-25-18)22-23(16)19(24-17)14-4-1-2-8-21-14/h1-10,16,19H,11H2/t16-,19+/m1/s1. The number of hydrogen-bond acceptors (Lipinski definition) is 5. The molecule has 1 aromatic carbocycles. The zero-order valence-corrected chi connectivity index (χ0v) is 15.6. The molecule has 0 radical (unpaired) electrons. The summed E-state index contributed by atoms with van der Waals surface area (Å²) in [5.41, 5.74) is 3.14. The Morgan fingerprint density at radius 2 is 2.12 bits per heavy atom. The van der Waals surface area contributed by atoms with Crippen LogP contribution in [0.25, 0.3) is 0 Å². The van der Waals surface area contributed by atoms with Gasteiger partial charge in [0.15, 0.2) is 0 Å². The molecule has 0 aliphatic carbocycles. The monoisotopic (exact) mass is 411 g/mol. The molecule has 0 saturated heterocycles. The van der Waals surface area contributed by atoms with Crippen LogP contribution in [0.15, 0.2) is 69.7 Å². The molecule has 4 nitrogen and oxygen atoms in total. The maximum Gasteiger partial charge on any atom is 0.230 e. The molecule has 0 unspecified atom stereocenters. The molecule has 2 aliphatic rings. The first-order valence-corrected chi connectivity index (χ1v) is 9.73. The van der Waals surface area contributed by atoms with Crippen LogP contribution >= 0.6 is 27.3 Å². The number of thiophene rings is 1. The number of benzene rings is 1. The molecule has 124 valence electrons. The van der Waals surface area contributed by atoms with E-state index in [-0.39, 0.29) is 12.3 Å². The Labute approximate surface area is 157 Å². The van der Waals surface area contributed by atoms with Crippen LogP contribution in [-0.4, -0.2) is 15.7 Å². The summed E-state index contributed by atoms with van der Waals surface area (Å²) >= 11 is 5.30. The molecule has 2 aliphatic heterocycles. The number of aromatic nitrogens is 1. The van der Waals surface area contributed by atoms with E-state index in [0.29, 0.717) is 0 Å². The van der Waals surface area contributed by atoms with Crippen molar-refractivity contribution in [2.45, 2.75) is 18.7 Å². The van der Waals surface area contributed by atoms with Crippen molar-refractivity contribution in [1.29, 1.82) is 0 Å². The molecule has 0 amide bonds. The van der Waals surface area contributed by atoms with Crippen molar-refractivity contribution < 1.29 is 4.74 Å². The Morgan fingerprint density at radius 1 is 1.16 bits per heavy atom. The zero-order chi connectivity index (χ0) is 16.8. The number of hydrazone groups is 1. The average Bonchev–Trinajstić information content (AvgIpc) is 3.31. The van der Waals surface area contributed by atoms with Gasteiger partial charge in [-0.15, -0.1) is 11.3 Å². The predicted molar refractivity (Wildman–Crippen MR) is 102 cm³/mol. The fourth-order valence-electron chi connectivity index (χ4n) is 3.37. The minimum absolute atomic E-state index is 0.158. The third-order valence-electron chi connectivity index (χ3n) is 4.50. The third kappa shape index (κ3) is 2.56. The maximum atomic E-state index is 6.29. The number of halogens is 1. The van der Waals surface area contributed by atoms with Gasteiger partial charge in [0, 0.05) is 22.7 Å². The average molecular weight is 412 g/mol. The minimum Gasteiger partial charge on any atom is -0.463 e. The summed E-state index contributed by atoms with van der Waals surface area (Å²) in [4.78, 5) is 5.71. The SMILES string of the molecule is Brc1ccc2c(c1)[C@H]1CC(c3cccs3)=NN1[C@H](c1ccccn1)O2. The van der Waals surface area contributed by atoms with Crippen molar-refractivity contribution in [2.24, 2.45) is 5.10 Å². The lowest BCUT2D eigenvalue weighted by Crippen LogP contribution is -2.34. The molecule has 5 rings (SSSR count). The van der Waals surface area contributed by atoms with E-state index >= 15 is 0 Å². The molecule has 0 fully saturated rings. The molecule has 0 N–H and O–H groups in total. The van der Waals surface area contributed by atoms with E-state index in [1.807, 2.05) is 30.3 Å². The molecule has 2 atom stereocenters. The summed E-state index contributed by atoms with van der Waals surface area (Å²) < 4.78 is 7.34. The van der Waals surface area contributed by atoms with Crippen LogP contribution in [0.3, 0.4) is 0 Å². The smallest absolute Gasteiger partial charge is 0.230 e. The quantitative estimate of drug-likeness (QED) is 0.585. The van der Waals surface area contributed by atoms with Gasteiger partial charge in [0.2, 0.25) is 6.23 Å². The highest BCUT2D eigenvalue weighted by Gasteiger charge is 2.41. The van der Waals surface area contributed by atoms with Gasteiger partial charge in [-0.25, -0.2) is 5.01 Å². The van der Waals surface area contributed by atoms with Crippen molar-refractivity contribution in [3.05, 3.63) is 80.7 Å². The third-order valence-corrected chi connectivity index (χ3v) is 5.91. The number of rotatable bonds is 2. The second-order valence-electron chi connectivity index (χ2n) is 6.03. The van der Waals surface area contributed by atoms with E-state index in [1.165, 1.54) is 4.88 Å². The first kappa shape index (κ1) is 15.1. The Morgan fingerprint density at radius 3 is 2.92 bits per heavy atom. The summed E-state index contributed by atoms with van der Waals surface area (Å²) in [5.74, 6) is 0.905. The van der Waals surface area contributed by atoms with Crippen LogP contribution in [0.5, 0.6) is 5.75 Å². The lowest BCUT2D eigenvalue weighted by atomic mass is 9.98. The van der Waals surface area contributed by atoms with Gasteiger partial charge in [-0.1, -0.05) is 28.1 Å². The van der Waals surface area contributed by atoms with Gasteiger partial charge >= 0.3 is 0 Å². The summed E-state index contributed by atoms with van der Waals surface area (Å²) in [6.07, 6.45) is 2.36. The number of hydrogen-bond donors (Lipinski definition) is 0. The van der Waals surface area contributed by atoms with E-state index in [4.69, 9.17) is 9.84 Å². The molecule has 6 heteroatoms.